The number of aldehydes is 1. The van der Waals surface area contributed by atoms with E-state index in [4.69, 9.17) is 0 Å². The van der Waals surface area contributed by atoms with Crippen LogP contribution in [0.2, 0.25) is 0 Å². The van der Waals surface area contributed by atoms with Crippen molar-refractivity contribution in [2.24, 2.45) is 0 Å². The van der Waals surface area contributed by atoms with Gasteiger partial charge in [-0.1, -0.05) is 36.4 Å². The Morgan fingerprint density at radius 2 is 1.73 bits per heavy atom. The predicted octanol–water partition coefficient (Wildman–Crippen LogP) is 3.82. The van der Waals surface area contributed by atoms with Crippen molar-refractivity contribution in [1.29, 1.82) is 0 Å². The highest BCUT2D eigenvalue weighted by Gasteiger charge is 2.06. The summed E-state index contributed by atoms with van der Waals surface area (Å²) in [5, 5.41) is 9.04. The fourth-order valence-electron chi connectivity index (χ4n) is 2.48. The van der Waals surface area contributed by atoms with Crippen LogP contribution in [-0.4, -0.2) is 17.7 Å². The van der Waals surface area contributed by atoms with Gasteiger partial charge >= 0.3 is 0 Å². The van der Waals surface area contributed by atoms with Gasteiger partial charge in [0.1, 0.15) is 5.82 Å². The average molecular weight is 346 g/mol. The summed E-state index contributed by atoms with van der Waals surface area (Å²) in [6.45, 7) is 0.601. The Kier molecular flexibility index (Phi) is 5.57. The van der Waals surface area contributed by atoms with E-state index in [-0.39, 0.29) is 0 Å². The molecule has 3 N–H and O–H groups in total. The van der Waals surface area contributed by atoms with Crippen LogP contribution in [0.25, 0.3) is 0 Å². The van der Waals surface area contributed by atoms with Crippen LogP contribution in [-0.2, 0) is 11.3 Å². The van der Waals surface area contributed by atoms with Crippen LogP contribution in [0, 0.1) is 0 Å². The molecule has 1 aromatic heterocycles. The summed E-state index contributed by atoms with van der Waals surface area (Å²) in [6, 6.07) is 19.0. The number of anilines is 4. The third-order valence-corrected chi connectivity index (χ3v) is 3.75. The molecule has 6 heteroatoms. The summed E-state index contributed by atoms with van der Waals surface area (Å²) in [5.41, 5.74) is 3.75. The standard InChI is InChI=1S/C20H18N4O2/c25-13-16-12-22-20(24-18-8-4-7-17(9-18)23-14-26)10-19(16)21-11-15-5-2-1-3-6-15/h1-10,12-14H,11H2,(H,23,26)(H2,21,22,24). The highest BCUT2D eigenvalue weighted by molar-refractivity contribution is 5.85. The molecule has 0 saturated heterocycles. The Hall–Kier alpha value is -3.67. The van der Waals surface area contributed by atoms with Crippen molar-refractivity contribution in [2.75, 3.05) is 16.0 Å². The Morgan fingerprint density at radius 3 is 2.50 bits per heavy atom. The summed E-state index contributed by atoms with van der Waals surface area (Å²) >= 11 is 0. The van der Waals surface area contributed by atoms with Gasteiger partial charge in [0.2, 0.25) is 6.41 Å². The summed E-state index contributed by atoms with van der Waals surface area (Å²) in [7, 11) is 0. The molecule has 130 valence electrons. The molecule has 1 amide bonds. The van der Waals surface area contributed by atoms with Crippen LogP contribution in [0.3, 0.4) is 0 Å². The van der Waals surface area contributed by atoms with Gasteiger partial charge in [-0.2, -0.15) is 0 Å². The molecule has 0 atom stereocenters. The third kappa shape index (κ3) is 4.45. The molecule has 0 spiro atoms. The molecule has 0 aliphatic heterocycles. The van der Waals surface area contributed by atoms with E-state index in [2.05, 4.69) is 20.9 Å². The lowest BCUT2D eigenvalue weighted by Crippen LogP contribution is -2.04. The second-order valence-corrected chi connectivity index (χ2v) is 5.58. The minimum absolute atomic E-state index is 0.489. The summed E-state index contributed by atoms with van der Waals surface area (Å²) < 4.78 is 0. The summed E-state index contributed by atoms with van der Waals surface area (Å²) in [5.74, 6) is 0.592. The molecule has 0 bridgehead atoms. The molecule has 2 aromatic carbocycles. The number of aromatic nitrogens is 1. The molecule has 0 aliphatic rings. The van der Waals surface area contributed by atoms with E-state index in [1.807, 2.05) is 42.5 Å². The zero-order valence-electron chi connectivity index (χ0n) is 14.0. The molecule has 0 saturated carbocycles. The van der Waals surface area contributed by atoms with Gasteiger partial charge in [0.15, 0.2) is 6.29 Å². The van der Waals surface area contributed by atoms with Crippen LogP contribution in [0.5, 0.6) is 0 Å². The van der Waals surface area contributed by atoms with Crippen molar-refractivity contribution in [3.63, 3.8) is 0 Å². The highest BCUT2D eigenvalue weighted by atomic mass is 16.1. The van der Waals surface area contributed by atoms with Gasteiger partial charge in [0.05, 0.1) is 11.3 Å². The first kappa shape index (κ1) is 17.2. The Bertz CT molecular complexity index is 897. The first-order valence-corrected chi connectivity index (χ1v) is 8.09. The van der Waals surface area contributed by atoms with Gasteiger partial charge in [-0.05, 0) is 23.8 Å². The lowest BCUT2D eigenvalue weighted by atomic mass is 10.2. The number of hydrogen-bond acceptors (Lipinski definition) is 5. The fourth-order valence-corrected chi connectivity index (χ4v) is 2.48. The van der Waals surface area contributed by atoms with Gasteiger partial charge in [-0.3, -0.25) is 9.59 Å². The quantitative estimate of drug-likeness (QED) is 0.540. The van der Waals surface area contributed by atoms with Crippen molar-refractivity contribution in [2.45, 2.75) is 6.54 Å². The number of hydrogen-bond donors (Lipinski definition) is 3. The lowest BCUT2D eigenvalue weighted by Gasteiger charge is -2.12. The van der Waals surface area contributed by atoms with E-state index in [0.717, 1.165) is 17.5 Å². The Morgan fingerprint density at radius 1 is 0.923 bits per heavy atom. The maximum absolute atomic E-state index is 11.3. The number of nitrogens with zero attached hydrogens (tertiary/aromatic N) is 1. The van der Waals surface area contributed by atoms with Gasteiger partial charge in [0.25, 0.3) is 0 Å². The first-order chi connectivity index (χ1) is 12.8. The third-order valence-electron chi connectivity index (χ3n) is 3.75. The van der Waals surface area contributed by atoms with E-state index in [1.54, 1.807) is 18.2 Å². The van der Waals surface area contributed by atoms with Gasteiger partial charge in [-0.15, -0.1) is 0 Å². The molecule has 1 heterocycles. The Labute approximate surface area is 151 Å². The average Bonchev–Trinajstić information content (AvgIpc) is 2.68. The van der Waals surface area contributed by atoms with Crippen LogP contribution >= 0.6 is 0 Å². The zero-order chi connectivity index (χ0) is 18.2. The number of carbonyl (C=O) groups is 2. The van der Waals surface area contributed by atoms with Crippen molar-refractivity contribution in [1.82, 2.24) is 4.98 Å². The fraction of sp³-hybridized carbons (Fsp3) is 0.0500. The predicted molar refractivity (Wildman–Crippen MR) is 103 cm³/mol. The number of nitrogens with one attached hydrogen (secondary N) is 3. The smallest absolute Gasteiger partial charge is 0.211 e. The highest BCUT2D eigenvalue weighted by Crippen LogP contribution is 2.23. The maximum Gasteiger partial charge on any atom is 0.211 e. The van der Waals surface area contributed by atoms with E-state index in [9.17, 15) is 9.59 Å². The molecule has 0 radical (unpaired) electrons. The Balaban J connectivity index is 1.77. The lowest BCUT2D eigenvalue weighted by molar-refractivity contribution is -0.105. The molecule has 0 aliphatic carbocycles. The minimum atomic E-state index is 0.489. The number of benzene rings is 2. The van der Waals surface area contributed by atoms with Crippen molar-refractivity contribution < 1.29 is 9.59 Å². The summed E-state index contributed by atoms with van der Waals surface area (Å²) in [4.78, 5) is 26.1. The molecular weight excluding hydrogens is 328 g/mol. The number of rotatable bonds is 8. The molecule has 0 fully saturated rings. The van der Waals surface area contributed by atoms with E-state index >= 15 is 0 Å². The number of carbonyl (C=O) groups excluding carboxylic acids is 2. The van der Waals surface area contributed by atoms with E-state index in [0.29, 0.717) is 35.7 Å². The monoisotopic (exact) mass is 346 g/mol. The molecule has 3 rings (SSSR count). The maximum atomic E-state index is 11.3. The van der Waals surface area contributed by atoms with Gasteiger partial charge in [-0.25, -0.2) is 4.98 Å². The number of pyridine rings is 1. The van der Waals surface area contributed by atoms with E-state index < -0.39 is 0 Å². The molecule has 0 unspecified atom stereocenters. The topological polar surface area (TPSA) is 83.1 Å². The van der Waals surface area contributed by atoms with Gasteiger partial charge < -0.3 is 16.0 Å². The van der Waals surface area contributed by atoms with Crippen LogP contribution < -0.4 is 16.0 Å². The number of amides is 1. The van der Waals surface area contributed by atoms with Gasteiger partial charge in [0, 0.05) is 30.2 Å². The van der Waals surface area contributed by atoms with Crippen molar-refractivity contribution >= 4 is 35.6 Å². The minimum Gasteiger partial charge on any atom is -0.380 e. The largest absolute Gasteiger partial charge is 0.380 e. The second kappa shape index (κ2) is 8.43. The molecule has 6 nitrogen and oxygen atoms in total. The molecular formula is C20H18N4O2. The summed E-state index contributed by atoms with van der Waals surface area (Å²) in [6.07, 6.45) is 2.93. The SMILES string of the molecule is O=CNc1cccc(Nc2cc(NCc3ccccc3)c(C=O)cn2)c1. The zero-order valence-corrected chi connectivity index (χ0v) is 14.0. The second-order valence-electron chi connectivity index (χ2n) is 5.58. The first-order valence-electron chi connectivity index (χ1n) is 8.09. The van der Waals surface area contributed by atoms with Crippen LogP contribution in [0.1, 0.15) is 15.9 Å². The van der Waals surface area contributed by atoms with Crippen LogP contribution in [0.4, 0.5) is 22.9 Å². The normalized spacial score (nSPS) is 10.0. The van der Waals surface area contributed by atoms with Crippen molar-refractivity contribution in [3.05, 3.63) is 78.0 Å². The van der Waals surface area contributed by atoms with Crippen molar-refractivity contribution in [3.8, 4) is 0 Å². The van der Waals surface area contributed by atoms with E-state index in [1.165, 1.54) is 6.20 Å². The van der Waals surface area contributed by atoms with Crippen LogP contribution in [0.15, 0.2) is 66.9 Å². The molecule has 3 aromatic rings. The molecule has 26 heavy (non-hydrogen) atoms.